The van der Waals surface area contributed by atoms with Crippen LogP contribution in [0.4, 0.5) is 4.39 Å². The van der Waals surface area contributed by atoms with Gasteiger partial charge in [0, 0.05) is 13.6 Å². The predicted octanol–water partition coefficient (Wildman–Crippen LogP) is 4.69. The third kappa shape index (κ3) is 4.68. The smallest absolute Gasteiger partial charge is 0.256 e. The third-order valence-electron chi connectivity index (χ3n) is 4.34. The van der Waals surface area contributed by atoms with Gasteiger partial charge in [0.05, 0.1) is 12.7 Å². The van der Waals surface area contributed by atoms with Crippen molar-refractivity contribution in [2.75, 3.05) is 14.2 Å². The number of carbonyl (C=O) groups is 1. The summed E-state index contributed by atoms with van der Waals surface area (Å²) in [5.41, 5.74) is 1.97. The van der Waals surface area contributed by atoms with E-state index in [0.717, 1.165) is 11.1 Å². The van der Waals surface area contributed by atoms with Crippen molar-refractivity contribution in [1.82, 2.24) is 4.90 Å². The maximum atomic E-state index is 13.9. The molecule has 28 heavy (non-hydrogen) atoms. The van der Waals surface area contributed by atoms with E-state index < -0.39 is 5.82 Å². The standard InChI is InChI=1S/C23H22FNO3/c1-25(23(26)19-10-6-7-11-20(19)24)15-18-12-13-21(22(14-18)27-2)28-16-17-8-4-3-5-9-17/h3-14H,15-16H2,1-2H3. The maximum absolute atomic E-state index is 13.9. The van der Waals surface area contributed by atoms with Gasteiger partial charge in [-0.1, -0.05) is 48.5 Å². The largest absolute Gasteiger partial charge is 0.493 e. The van der Waals surface area contributed by atoms with Gasteiger partial charge >= 0.3 is 0 Å². The Morgan fingerprint density at radius 2 is 1.64 bits per heavy atom. The number of hydrogen-bond acceptors (Lipinski definition) is 3. The van der Waals surface area contributed by atoms with Crippen LogP contribution in [0.25, 0.3) is 0 Å². The Morgan fingerprint density at radius 3 is 2.36 bits per heavy atom. The van der Waals surface area contributed by atoms with Crippen LogP contribution in [-0.4, -0.2) is 25.0 Å². The van der Waals surface area contributed by atoms with Crippen LogP contribution < -0.4 is 9.47 Å². The summed E-state index contributed by atoms with van der Waals surface area (Å²) in [6.45, 7) is 0.755. The normalized spacial score (nSPS) is 10.4. The fourth-order valence-electron chi connectivity index (χ4n) is 2.85. The molecule has 0 spiro atoms. The molecule has 0 aliphatic rings. The molecule has 0 aliphatic carbocycles. The number of hydrogen-bond donors (Lipinski definition) is 0. The Kier molecular flexibility index (Phi) is 6.27. The average molecular weight is 379 g/mol. The summed E-state index contributed by atoms with van der Waals surface area (Å²) in [5.74, 6) is 0.307. The molecule has 3 aromatic carbocycles. The zero-order chi connectivity index (χ0) is 19.9. The summed E-state index contributed by atoms with van der Waals surface area (Å²) in [5, 5.41) is 0. The fourth-order valence-corrected chi connectivity index (χ4v) is 2.85. The first-order valence-corrected chi connectivity index (χ1v) is 8.92. The molecule has 0 aromatic heterocycles. The van der Waals surface area contributed by atoms with Gasteiger partial charge in [0.2, 0.25) is 0 Å². The predicted molar refractivity (Wildman–Crippen MR) is 106 cm³/mol. The van der Waals surface area contributed by atoms with Gasteiger partial charge < -0.3 is 14.4 Å². The molecule has 0 atom stereocenters. The summed E-state index contributed by atoms with van der Waals surface area (Å²) < 4.78 is 25.1. The molecule has 0 N–H and O–H groups in total. The van der Waals surface area contributed by atoms with Crippen LogP contribution >= 0.6 is 0 Å². The maximum Gasteiger partial charge on any atom is 0.256 e. The molecule has 3 rings (SSSR count). The highest BCUT2D eigenvalue weighted by molar-refractivity contribution is 5.94. The van der Waals surface area contributed by atoms with E-state index in [4.69, 9.17) is 9.47 Å². The first-order valence-electron chi connectivity index (χ1n) is 8.92. The molecule has 0 saturated heterocycles. The molecule has 0 unspecified atom stereocenters. The van der Waals surface area contributed by atoms with E-state index in [2.05, 4.69) is 0 Å². The molecule has 0 aliphatic heterocycles. The molecule has 3 aromatic rings. The van der Waals surface area contributed by atoms with E-state index in [-0.39, 0.29) is 11.5 Å². The second-order valence-electron chi connectivity index (χ2n) is 6.40. The highest BCUT2D eigenvalue weighted by Gasteiger charge is 2.16. The lowest BCUT2D eigenvalue weighted by atomic mass is 10.1. The summed E-state index contributed by atoms with van der Waals surface area (Å²) in [6, 6.07) is 21.3. The lowest BCUT2D eigenvalue weighted by Crippen LogP contribution is -2.27. The van der Waals surface area contributed by atoms with E-state index in [1.165, 1.54) is 17.0 Å². The molecule has 4 nitrogen and oxygen atoms in total. The Morgan fingerprint density at radius 1 is 0.929 bits per heavy atom. The second-order valence-corrected chi connectivity index (χ2v) is 6.40. The van der Waals surface area contributed by atoms with Crippen LogP contribution in [0.1, 0.15) is 21.5 Å². The summed E-state index contributed by atoms with van der Waals surface area (Å²) >= 11 is 0. The number of carbonyl (C=O) groups excluding carboxylic acids is 1. The number of amides is 1. The van der Waals surface area contributed by atoms with Gasteiger partial charge in [-0.05, 0) is 35.4 Å². The van der Waals surface area contributed by atoms with E-state index in [1.54, 1.807) is 26.3 Å². The highest BCUT2D eigenvalue weighted by atomic mass is 19.1. The minimum absolute atomic E-state index is 0.0554. The Labute approximate surface area is 164 Å². The topological polar surface area (TPSA) is 38.8 Å². The lowest BCUT2D eigenvalue weighted by Gasteiger charge is -2.19. The Balaban J connectivity index is 1.69. The number of halogens is 1. The van der Waals surface area contributed by atoms with Crippen molar-refractivity contribution in [3.05, 3.63) is 95.3 Å². The SMILES string of the molecule is COc1cc(CN(C)C(=O)c2ccccc2F)ccc1OCc1ccccc1. The second kappa shape index (κ2) is 9.04. The molecular formula is C23H22FNO3. The molecule has 1 amide bonds. The van der Waals surface area contributed by atoms with Crippen LogP contribution in [0.3, 0.4) is 0 Å². The van der Waals surface area contributed by atoms with Crippen molar-refractivity contribution in [2.24, 2.45) is 0 Å². The number of nitrogens with zero attached hydrogens (tertiary/aromatic N) is 1. The number of ether oxygens (including phenoxy) is 2. The quantitative estimate of drug-likeness (QED) is 0.598. The van der Waals surface area contributed by atoms with Crippen LogP contribution in [0.2, 0.25) is 0 Å². The minimum Gasteiger partial charge on any atom is -0.493 e. The van der Waals surface area contributed by atoms with Crippen molar-refractivity contribution < 1.29 is 18.7 Å². The Bertz CT molecular complexity index is 944. The average Bonchev–Trinajstić information content (AvgIpc) is 2.73. The van der Waals surface area contributed by atoms with Gasteiger partial charge in [-0.2, -0.15) is 0 Å². The third-order valence-corrected chi connectivity index (χ3v) is 4.34. The van der Waals surface area contributed by atoms with Gasteiger partial charge in [-0.25, -0.2) is 4.39 Å². The fraction of sp³-hybridized carbons (Fsp3) is 0.174. The Hall–Kier alpha value is -3.34. The highest BCUT2D eigenvalue weighted by Crippen LogP contribution is 2.29. The molecular weight excluding hydrogens is 357 g/mol. The van der Waals surface area contributed by atoms with E-state index in [0.29, 0.717) is 24.7 Å². The summed E-state index contributed by atoms with van der Waals surface area (Å²) in [4.78, 5) is 14.0. The van der Waals surface area contributed by atoms with Crippen molar-refractivity contribution in [1.29, 1.82) is 0 Å². The van der Waals surface area contributed by atoms with Crippen molar-refractivity contribution in [2.45, 2.75) is 13.2 Å². The van der Waals surface area contributed by atoms with Crippen molar-refractivity contribution >= 4 is 5.91 Å². The van der Waals surface area contributed by atoms with Gasteiger partial charge in [-0.3, -0.25) is 4.79 Å². The molecule has 144 valence electrons. The first-order chi connectivity index (χ1) is 13.6. The molecule has 0 radical (unpaired) electrons. The lowest BCUT2D eigenvalue weighted by molar-refractivity contribution is 0.0780. The van der Waals surface area contributed by atoms with Crippen LogP contribution in [0, 0.1) is 5.82 Å². The molecule has 5 heteroatoms. The molecule has 0 saturated carbocycles. The summed E-state index contributed by atoms with van der Waals surface area (Å²) in [7, 11) is 3.21. The van der Waals surface area contributed by atoms with Gasteiger partial charge in [0.15, 0.2) is 11.5 Å². The van der Waals surface area contributed by atoms with Crippen molar-refractivity contribution in [3.8, 4) is 11.5 Å². The summed E-state index contributed by atoms with van der Waals surface area (Å²) in [6.07, 6.45) is 0. The van der Waals surface area contributed by atoms with E-state index in [1.807, 2.05) is 48.5 Å². The zero-order valence-electron chi connectivity index (χ0n) is 15.9. The van der Waals surface area contributed by atoms with E-state index >= 15 is 0 Å². The van der Waals surface area contributed by atoms with Crippen LogP contribution in [0.5, 0.6) is 11.5 Å². The van der Waals surface area contributed by atoms with Crippen molar-refractivity contribution in [3.63, 3.8) is 0 Å². The number of rotatable bonds is 7. The van der Waals surface area contributed by atoms with Crippen LogP contribution in [-0.2, 0) is 13.2 Å². The molecule has 0 fully saturated rings. The first kappa shape index (κ1) is 19.4. The minimum atomic E-state index is -0.526. The van der Waals surface area contributed by atoms with E-state index in [9.17, 15) is 9.18 Å². The number of benzene rings is 3. The van der Waals surface area contributed by atoms with Gasteiger partial charge in [0.25, 0.3) is 5.91 Å². The molecule has 0 heterocycles. The monoisotopic (exact) mass is 379 g/mol. The number of methoxy groups -OCH3 is 1. The molecule has 0 bridgehead atoms. The van der Waals surface area contributed by atoms with Crippen LogP contribution in [0.15, 0.2) is 72.8 Å². The zero-order valence-corrected chi connectivity index (χ0v) is 15.9. The van der Waals surface area contributed by atoms with Gasteiger partial charge in [0.1, 0.15) is 12.4 Å². The van der Waals surface area contributed by atoms with Gasteiger partial charge in [-0.15, -0.1) is 0 Å².